The van der Waals surface area contributed by atoms with Crippen molar-refractivity contribution in [3.8, 4) is 0 Å². The molecule has 14 nitrogen and oxygen atoms in total. The number of carbonyl (C=O) groups is 1. The topological polar surface area (TPSA) is 159 Å². The van der Waals surface area contributed by atoms with E-state index in [1.54, 1.807) is 21.1 Å². The smallest absolute Gasteiger partial charge is 0.187 e. The van der Waals surface area contributed by atoms with Crippen molar-refractivity contribution < 1.29 is 67.1 Å². The molecule has 0 aromatic rings. The first-order valence-corrected chi connectivity index (χ1v) is 21.1. The zero-order valence-electron chi connectivity index (χ0n) is 34.6. The number of ketones is 1. The van der Waals surface area contributed by atoms with E-state index in [4.69, 9.17) is 52.1 Å². The molecule has 2 bridgehead atoms. The van der Waals surface area contributed by atoms with Crippen LogP contribution in [0.5, 0.6) is 0 Å². The van der Waals surface area contributed by atoms with Crippen LogP contribution in [0.1, 0.15) is 99.3 Å². The number of hydrogen-bond donors (Lipinski definition) is 2. The molecule has 7 fully saturated rings. The second kappa shape index (κ2) is 15.7. The van der Waals surface area contributed by atoms with Gasteiger partial charge in [-0.3, -0.25) is 4.79 Å². The van der Waals surface area contributed by atoms with Crippen LogP contribution in [0.25, 0.3) is 0 Å². The Hall–Kier alpha value is -1.11. The maximum Gasteiger partial charge on any atom is 0.187 e. The fourth-order valence-corrected chi connectivity index (χ4v) is 12.1. The fraction of sp³-hybridized carbons (Fsp3) is 0.929. The minimum atomic E-state index is -1.20. The number of ether oxygens (including phenoxy) is 11. The van der Waals surface area contributed by atoms with Crippen LogP contribution in [0.2, 0.25) is 0 Å². The van der Waals surface area contributed by atoms with E-state index >= 15 is 0 Å². The van der Waals surface area contributed by atoms with Crippen molar-refractivity contribution in [3.05, 3.63) is 11.6 Å². The van der Waals surface area contributed by atoms with Crippen molar-refractivity contribution in [1.29, 1.82) is 0 Å². The van der Waals surface area contributed by atoms with Crippen LogP contribution in [0.3, 0.4) is 0 Å². The molecule has 5 heterocycles. The van der Waals surface area contributed by atoms with Crippen LogP contribution in [0.4, 0.5) is 0 Å². The van der Waals surface area contributed by atoms with Gasteiger partial charge in [-0.25, -0.2) is 0 Å². The molecule has 8 aliphatic rings. The Kier molecular flexibility index (Phi) is 11.7. The summed E-state index contributed by atoms with van der Waals surface area (Å²) >= 11 is 0. The van der Waals surface area contributed by atoms with Gasteiger partial charge in [-0.15, -0.1) is 0 Å². The zero-order valence-corrected chi connectivity index (χ0v) is 34.6. The second-order valence-corrected chi connectivity index (χ2v) is 18.4. The van der Waals surface area contributed by atoms with E-state index in [0.717, 1.165) is 32.1 Å². The highest BCUT2D eigenvalue weighted by atomic mass is 16.8. The van der Waals surface area contributed by atoms with Gasteiger partial charge in [0.05, 0.1) is 54.2 Å². The van der Waals surface area contributed by atoms with Crippen LogP contribution in [0, 0.1) is 22.7 Å². The number of Topliss-reactive ketones (excluding diaryl/α,β-unsaturated/α-hetero) is 1. The van der Waals surface area contributed by atoms with E-state index in [1.165, 1.54) is 12.7 Å². The Morgan fingerprint density at radius 3 is 2.05 bits per heavy atom. The molecule has 1 spiro atoms. The lowest BCUT2D eigenvalue weighted by Crippen LogP contribution is -2.61. The molecule has 14 heteroatoms. The summed E-state index contributed by atoms with van der Waals surface area (Å²) in [5.74, 6) is 0.0561. The maximum atomic E-state index is 13.3. The highest BCUT2D eigenvalue weighted by molar-refractivity contribution is 5.88. The van der Waals surface area contributed by atoms with E-state index in [1.807, 2.05) is 13.8 Å². The van der Waals surface area contributed by atoms with E-state index in [-0.39, 0.29) is 47.8 Å². The lowest BCUT2D eigenvalue weighted by molar-refractivity contribution is -0.352. The van der Waals surface area contributed by atoms with Gasteiger partial charge in [-0.1, -0.05) is 18.6 Å². The van der Waals surface area contributed by atoms with Crippen molar-refractivity contribution in [3.63, 3.8) is 0 Å². The van der Waals surface area contributed by atoms with Crippen LogP contribution in [-0.4, -0.2) is 141 Å². The third-order valence-corrected chi connectivity index (χ3v) is 15.4. The Morgan fingerprint density at radius 1 is 0.732 bits per heavy atom. The molecular weight excluding hydrogens is 728 g/mol. The summed E-state index contributed by atoms with van der Waals surface area (Å²) in [6.45, 7) is 12.2. The SMILES string of the molecule is COC1CC(OC2CCC3(C)C(=CCC45OC(C)C6CCC(=O)C6(C)C(CC43)O5)C2)OC(C)C1OC1CC(OC)C(OC2OC(C)C(O)C(OC)C2O)C(C)O1. The fourth-order valence-electron chi connectivity index (χ4n) is 12.1. The standard InChI is InChI=1S/C42H66O14/c1-20-26-10-11-30(43)41(26,6)31-19-29-40(5)14-13-25(16-24(40)12-15-42(29,55-20)56-31)52-32-17-27(46-7)36(22(3)49-32)53-33-18-28(47-8)37(23(4)50-33)54-39-35(45)38(48-9)34(44)21(2)51-39/h12,20-23,25-29,31-39,44-45H,10-11,13-19H2,1-9H3. The summed E-state index contributed by atoms with van der Waals surface area (Å²) in [6, 6.07) is 0. The van der Waals surface area contributed by atoms with Crippen LogP contribution in [0.15, 0.2) is 11.6 Å². The Morgan fingerprint density at radius 2 is 1.39 bits per heavy atom. The minimum absolute atomic E-state index is 0.00261. The highest BCUT2D eigenvalue weighted by Gasteiger charge is 2.69. The first-order chi connectivity index (χ1) is 26.6. The van der Waals surface area contributed by atoms with Crippen molar-refractivity contribution in [2.24, 2.45) is 22.7 Å². The summed E-state index contributed by atoms with van der Waals surface area (Å²) in [4.78, 5) is 13.3. The number of carbonyl (C=O) groups excluding carboxylic acids is 1. The van der Waals surface area contributed by atoms with Gasteiger partial charge in [0.25, 0.3) is 0 Å². The molecule has 56 heavy (non-hydrogen) atoms. The van der Waals surface area contributed by atoms with Gasteiger partial charge in [0.15, 0.2) is 24.7 Å². The van der Waals surface area contributed by atoms with Gasteiger partial charge >= 0.3 is 0 Å². The zero-order chi connectivity index (χ0) is 39.9. The Labute approximate surface area is 331 Å². The lowest BCUT2D eigenvalue weighted by Gasteiger charge is -2.53. The number of rotatable bonds is 9. The normalized spacial score (nSPS) is 54.5. The molecule has 3 aliphatic carbocycles. The maximum absolute atomic E-state index is 13.3. The summed E-state index contributed by atoms with van der Waals surface area (Å²) < 4.78 is 69.2. The average molecular weight is 795 g/mol. The number of methoxy groups -OCH3 is 3. The molecule has 2 N–H and O–H groups in total. The summed E-state index contributed by atoms with van der Waals surface area (Å²) in [7, 11) is 4.73. The van der Waals surface area contributed by atoms with Gasteiger partial charge in [0.2, 0.25) is 0 Å². The molecule has 0 radical (unpaired) electrons. The molecular formula is C42H66O14. The van der Waals surface area contributed by atoms with E-state index in [0.29, 0.717) is 31.5 Å². The van der Waals surface area contributed by atoms with E-state index < -0.39 is 78.9 Å². The molecule has 21 unspecified atom stereocenters. The minimum Gasteiger partial charge on any atom is -0.388 e. The summed E-state index contributed by atoms with van der Waals surface area (Å²) in [6.07, 6.45) is 0.457. The van der Waals surface area contributed by atoms with E-state index in [9.17, 15) is 15.0 Å². The molecule has 0 amide bonds. The van der Waals surface area contributed by atoms with Gasteiger partial charge in [0.1, 0.15) is 36.3 Å². The highest BCUT2D eigenvalue weighted by Crippen LogP contribution is 2.66. The number of aliphatic hydroxyl groups is 2. The third-order valence-electron chi connectivity index (χ3n) is 15.4. The average Bonchev–Trinajstić information content (AvgIpc) is 3.68. The number of aliphatic hydroxyl groups excluding tert-OH is 2. The first-order valence-electron chi connectivity index (χ1n) is 21.1. The van der Waals surface area contributed by atoms with Crippen molar-refractivity contribution in [2.75, 3.05) is 21.3 Å². The van der Waals surface area contributed by atoms with Gasteiger partial charge in [-0.05, 0) is 72.1 Å². The molecule has 0 aromatic carbocycles. The van der Waals surface area contributed by atoms with Gasteiger partial charge in [-0.2, -0.15) is 0 Å². The molecule has 21 atom stereocenters. The van der Waals surface area contributed by atoms with Crippen LogP contribution >= 0.6 is 0 Å². The molecule has 318 valence electrons. The first kappa shape index (κ1) is 41.6. The van der Waals surface area contributed by atoms with Crippen molar-refractivity contribution >= 4 is 5.78 Å². The molecule has 2 saturated carbocycles. The van der Waals surface area contributed by atoms with Crippen molar-refractivity contribution in [2.45, 2.75) is 203 Å². The third kappa shape index (κ3) is 6.88. The van der Waals surface area contributed by atoms with Gasteiger partial charge in [0, 0.05) is 58.8 Å². The Balaban J connectivity index is 0.870. The largest absolute Gasteiger partial charge is 0.388 e. The molecule has 5 aliphatic heterocycles. The lowest BCUT2D eigenvalue weighted by atomic mass is 9.56. The van der Waals surface area contributed by atoms with Gasteiger partial charge < -0.3 is 62.3 Å². The Bertz CT molecular complexity index is 1460. The van der Waals surface area contributed by atoms with Crippen LogP contribution < -0.4 is 0 Å². The van der Waals surface area contributed by atoms with Crippen LogP contribution in [-0.2, 0) is 56.9 Å². The summed E-state index contributed by atoms with van der Waals surface area (Å²) in [5.41, 5.74) is 0.824. The predicted molar refractivity (Wildman–Crippen MR) is 198 cm³/mol. The predicted octanol–water partition coefficient (Wildman–Crippen LogP) is 3.95. The number of fused-ring (bicyclic) bond motifs is 5. The molecule has 5 saturated heterocycles. The quantitative estimate of drug-likeness (QED) is 0.323. The number of hydrogen-bond acceptors (Lipinski definition) is 14. The molecule has 8 rings (SSSR count). The summed E-state index contributed by atoms with van der Waals surface area (Å²) in [5, 5.41) is 21.3. The van der Waals surface area contributed by atoms with E-state index in [2.05, 4.69) is 26.8 Å². The second-order valence-electron chi connectivity index (χ2n) is 18.4. The molecule has 0 aromatic heterocycles. The monoisotopic (exact) mass is 794 g/mol. The van der Waals surface area contributed by atoms with Crippen molar-refractivity contribution in [1.82, 2.24) is 0 Å².